The van der Waals surface area contributed by atoms with E-state index in [1.54, 1.807) is 7.11 Å². The van der Waals surface area contributed by atoms with E-state index in [4.69, 9.17) is 10.1 Å². The number of hydrogen-bond donors (Lipinski definition) is 1. The molecule has 1 rings (SSSR count). The Kier molecular flexibility index (Phi) is 3.31. The van der Waals surface area contributed by atoms with E-state index in [1.165, 1.54) is 6.42 Å². The number of nitrogens with one attached hydrogen (secondary N) is 1. The lowest BCUT2D eigenvalue weighted by atomic mass is 9.78. The molecule has 0 aliphatic heterocycles. The first-order valence-corrected chi connectivity index (χ1v) is 5.09. The lowest BCUT2D eigenvalue weighted by Crippen LogP contribution is -2.54. The van der Waals surface area contributed by atoms with Gasteiger partial charge in [-0.15, -0.1) is 0 Å². The maximum absolute atomic E-state index is 8.05. The topological polar surface area (TPSA) is 36.3 Å². The third kappa shape index (κ3) is 1.70. The molecule has 3 heteroatoms. The second-order valence-corrected chi connectivity index (χ2v) is 3.57. The van der Waals surface area contributed by atoms with Gasteiger partial charge in [0.1, 0.15) is 11.4 Å². The van der Waals surface area contributed by atoms with E-state index in [-0.39, 0.29) is 5.60 Å². The van der Waals surface area contributed by atoms with Crippen molar-refractivity contribution in [2.45, 2.75) is 38.7 Å². The van der Waals surface area contributed by atoms with E-state index in [9.17, 15) is 0 Å². The SMILES string of the molecule is CCN(CC)C(=N)C1(OC)CCC1. The zero-order valence-corrected chi connectivity index (χ0v) is 8.89. The molecule has 0 unspecified atom stereocenters. The number of ether oxygens (including phenoxy) is 1. The summed E-state index contributed by atoms with van der Waals surface area (Å²) in [6.07, 6.45) is 3.22. The van der Waals surface area contributed by atoms with Gasteiger partial charge >= 0.3 is 0 Å². The van der Waals surface area contributed by atoms with Crippen LogP contribution in [-0.2, 0) is 4.74 Å². The Balaban J connectivity index is 2.63. The van der Waals surface area contributed by atoms with Gasteiger partial charge in [0.15, 0.2) is 0 Å². The maximum Gasteiger partial charge on any atom is 0.129 e. The third-order valence-electron chi connectivity index (χ3n) is 3.06. The second-order valence-electron chi connectivity index (χ2n) is 3.57. The third-order valence-corrected chi connectivity index (χ3v) is 3.06. The molecule has 1 saturated carbocycles. The Labute approximate surface area is 80.6 Å². The molecule has 1 aliphatic rings. The zero-order chi connectivity index (χ0) is 9.90. The average Bonchev–Trinajstić information content (AvgIpc) is 2.05. The van der Waals surface area contributed by atoms with E-state index < -0.39 is 0 Å². The minimum absolute atomic E-state index is 0.244. The summed E-state index contributed by atoms with van der Waals surface area (Å²) in [6, 6.07) is 0. The summed E-state index contributed by atoms with van der Waals surface area (Å²) in [5, 5.41) is 8.05. The minimum Gasteiger partial charge on any atom is -0.370 e. The summed E-state index contributed by atoms with van der Waals surface area (Å²) < 4.78 is 5.45. The molecule has 0 aromatic heterocycles. The number of amidine groups is 1. The molecule has 0 amide bonds. The van der Waals surface area contributed by atoms with Crippen molar-refractivity contribution in [2.75, 3.05) is 20.2 Å². The van der Waals surface area contributed by atoms with Crippen molar-refractivity contribution in [3.63, 3.8) is 0 Å². The summed E-state index contributed by atoms with van der Waals surface area (Å²) in [6.45, 7) is 5.97. The van der Waals surface area contributed by atoms with Crippen molar-refractivity contribution in [3.8, 4) is 0 Å². The van der Waals surface area contributed by atoms with Gasteiger partial charge in [0, 0.05) is 20.2 Å². The van der Waals surface area contributed by atoms with E-state index in [1.807, 2.05) is 0 Å². The first-order chi connectivity index (χ1) is 6.20. The highest BCUT2D eigenvalue weighted by Crippen LogP contribution is 2.36. The number of nitrogens with zero attached hydrogens (tertiary/aromatic N) is 1. The molecule has 13 heavy (non-hydrogen) atoms. The molecule has 0 atom stereocenters. The highest BCUT2D eigenvalue weighted by atomic mass is 16.5. The normalized spacial score (nSPS) is 19.3. The van der Waals surface area contributed by atoms with Crippen LogP contribution in [0.25, 0.3) is 0 Å². The molecular formula is C10H20N2O. The smallest absolute Gasteiger partial charge is 0.129 e. The highest BCUT2D eigenvalue weighted by molar-refractivity contribution is 5.88. The zero-order valence-electron chi connectivity index (χ0n) is 8.89. The monoisotopic (exact) mass is 184 g/mol. The summed E-state index contributed by atoms with van der Waals surface area (Å²) in [5.41, 5.74) is -0.244. The first kappa shape index (κ1) is 10.5. The lowest BCUT2D eigenvalue weighted by molar-refractivity contribution is -0.0223. The van der Waals surface area contributed by atoms with Crippen LogP contribution in [0.15, 0.2) is 0 Å². The molecule has 1 N–H and O–H groups in total. The number of rotatable bonds is 4. The number of methoxy groups -OCH3 is 1. The van der Waals surface area contributed by atoms with Crippen LogP contribution in [0.3, 0.4) is 0 Å². The summed E-state index contributed by atoms with van der Waals surface area (Å²) in [5.74, 6) is 0.672. The quantitative estimate of drug-likeness (QED) is 0.535. The first-order valence-electron chi connectivity index (χ1n) is 5.09. The largest absolute Gasteiger partial charge is 0.370 e. The fourth-order valence-electron chi connectivity index (χ4n) is 1.86. The molecule has 0 radical (unpaired) electrons. The molecule has 0 heterocycles. The highest BCUT2D eigenvalue weighted by Gasteiger charge is 2.43. The summed E-state index contributed by atoms with van der Waals surface area (Å²) in [4.78, 5) is 2.07. The molecule has 0 aromatic rings. The second kappa shape index (κ2) is 4.09. The molecule has 1 aliphatic carbocycles. The average molecular weight is 184 g/mol. The van der Waals surface area contributed by atoms with Gasteiger partial charge in [0.25, 0.3) is 0 Å². The standard InChI is InChI=1S/C10H20N2O/c1-4-12(5-2)9(11)10(13-3)7-6-8-10/h11H,4-8H2,1-3H3. The Morgan fingerprint density at radius 1 is 1.38 bits per heavy atom. The Bertz CT molecular complexity index is 178. The van der Waals surface area contributed by atoms with Crippen LogP contribution in [-0.4, -0.2) is 36.5 Å². The molecule has 0 aromatic carbocycles. The van der Waals surface area contributed by atoms with Gasteiger partial charge in [-0.2, -0.15) is 0 Å². The van der Waals surface area contributed by atoms with E-state index in [0.29, 0.717) is 5.84 Å². The van der Waals surface area contributed by atoms with Crippen LogP contribution in [0, 0.1) is 5.41 Å². The van der Waals surface area contributed by atoms with E-state index >= 15 is 0 Å². The minimum atomic E-state index is -0.244. The van der Waals surface area contributed by atoms with Crippen LogP contribution >= 0.6 is 0 Å². The maximum atomic E-state index is 8.05. The summed E-state index contributed by atoms with van der Waals surface area (Å²) >= 11 is 0. The van der Waals surface area contributed by atoms with Crippen molar-refractivity contribution < 1.29 is 4.74 Å². The van der Waals surface area contributed by atoms with Gasteiger partial charge in [0.05, 0.1) is 0 Å². The van der Waals surface area contributed by atoms with Crippen molar-refractivity contribution in [1.82, 2.24) is 4.90 Å². The van der Waals surface area contributed by atoms with Crippen LogP contribution in [0.4, 0.5) is 0 Å². The van der Waals surface area contributed by atoms with Crippen molar-refractivity contribution in [2.24, 2.45) is 0 Å². The van der Waals surface area contributed by atoms with Gasteiger partial charge in [-0.25, -0.2) is 0 Å². The van der Waals surface area contributed by atoms with Gasteiger partial charge in [0.2, 0.25) is 0 Å². The van der Waals surface area contributed by atoms with E-state index in [2.05, 4.69) is 18.7 Å². The van der Waals surface area contributed by atoms with Crippen LogP contribution < -0.4 is 0 Å². The molecule has 76 valence electrons. The molecular weight excluding hydrogens is 164 g/mol. The van der Waals surface area contributed by atoms with Crippen molar-refractivity contribution >= 4 is 5.84 Å². The summed E-state index contributed by atoms with van der Waals surface area (Å²) in [7, 11) is 1.72. The lowest BCUT2D eigenvalue weighted by Gasteiger charge is -2.44. The Hall–Kier alpha value is -0.570. The Morgan fingerprint density at radius 2 is 1.92 bits per heavy atom. The molecule has 0 bridgehead atoms. The fourth-order valence-corrected chi connectivity index (χ4v) is 1.86. The van der Waals surface area contributed by atoms with Gasteiger partial charge in [-0.1, -0.05) is 0 Å². The number of hydrogen-bond acceptors (Lipinski definition) is 2. The molecule has 1 fully saturated rings. The molecule has 0 saturated heterocycles. The van der Waals surface area contributed by atoms with Crippen molar-refractivity contribution in [3.05, 3.63) is 0 Å². The predicted molar refractivity (Wildman–Crippen MR) is 54.2 cm³/mol. The number of likely N-dealkylation sites (N-methyl/N-ethyl adjacent to an activating group) is 1. The van der Waals surface area contributed by atoms with Crippen LogP contribution in [0.1, 0.15) is 33.1 Å². The predicted octanol–water partition coefficient (Wildman–Crippen LogP) is 1.87. The van der Waals surface area contributed by atoms with E-state index in [0.717, 1.165) is 25.9 Å². The van der Waals surface area contributed by atoms with Gasteiger partial charge in [-0.05, 0) is 33.1 Å². The molecule has 0 spiro atoms. The van der Waals surface area contributed by atoms with Gasteiger partial charge in [-0.3, -0.25) is 5.41 Å². The fraction of sp³-hybridized carbons (Fsp3) is 0.900. The van der Waals surface area contributed by atoms with Gasteiger partial charge < -0.3 is 9.64 Å². The van der Waals surface area contributed by atoms with Crippen LogP contribution in [0.5, 0.6) is 0 Å². The van der Waals surface area contributed by atoms with Crippen LogP contribution in [0.2, 0.25) is 0 Å². The Morgan fingerprint density at radius 3 is 2.15 bits per heavy atom. The van der Waals surface area contributed by atoms with Crippen molar-refractivity contribution in [1.29, 1.82) is 5.41 Å². The molecule has 3 nitrogen and oxygen atoms in total.